The van der Waals surface area contributed by atoms with Gasteiger partial charge in [-0.15, -0.1) is 11.8 Å². The van der Waals surface area contributed by atoms with Crippen molar-refractivity contribution in [1.82, 2.24) is 10.2 Å². The summed E-state index contributed by atoms with van der Waals surface area (Å²) in [4.78, 5) is 15.8. The molecule has 1 aromatic carbocycles. The van der Waals surface area contributed by atoms with Crippen molar-refractivity contribution in [2.45, 2.75) is 23.8 Å². The number of nitrogens with zero attached hydrogens (tertiary/aromatic N) is 1. The zero-order chi connectivity index (χ0) is 16.8. The Morgan fingerprint density at radius 2 is 2.00 bits per heavy atom. The molecular formula is C18H21ClN2OS2. The van der Waals surface area contributed by atoms with Gasteiger partial charge in [-0.1, -0.05) is 11.6 Å². The summed E-state index contributed by atoms with van der Waals surface area (Å²) in [6.07, 6.45) is 2.06. The van der Waals surface area contributed by atoms with E-state index >= 15 is 0 Å². The summed E-state index contributed by atoms with van der Waals surface area (Å²) < 4.78 is 0. The molecule has 1 amide bonds. The Bertz CT molecular complexity index is 638. The third-order valence-electron chi connectivity index (χ3n) is 4.20. The number of likely N-dealkylation sites (tertiary alicyclic amines) is 1. The monoisotopic (exact) mass is 380 g/mol. The summed E-state index contributed by atoms with van der Waals surface area (Å²) in [5.74, 6) is 1.14. The van der Waals surface area contributed by atoms with Crippen LogP contribution < -0.4 is 5.32 Å². The van der Waals surface area contributed by atoms with Crippen molar-refractivity contribution in [2.75, 3.05) is 25.4 Å². The molecule has 0 radical (unpaired) electrons. The van der Waals surface area contributed by atoms with Gasteiger partial charge in [0.2, 0.25) is 0 Å². The number of piperidine rings is 1. The van der Waals surface area contributed by atoms with Gasteiger partial charge < -0.3 is 10.2 Å². The van der Waals surface area contributed by atoms with Crippen LogP contribution in [0.15, 0.2) is 46.0 Å². The lowest BCUT2D eigenvalue weighted by Crippen LogP contribution is -2.45. The largest absolute Gasteiger partial charge is 0.349 e. The lowest BCUT2D eigenvalue weighted by atomic mass is 10.0. The second-order valence-electron chi connectivity index (χ2n) is 5.90. The standard InChI is InChI=1S/C18H21ClN2OS2/c19-15-1-3-17(4-2-15)24-12-10-21-8-5-16(6-9-21)20-18(22)14-7-11-23-13-14/h1-4,7,11,13,16H,5-6,8-10,12H2,(H,20,22). The highest BCUT2D eigenvalue weighted by Gasteiger charge is 2.20. The average Bonchev–Trinajstić information content (AvgIpc) is 3.13. The predicted octanol–water partition coefficient (Wildman–Crippen LogP) is 4.39. The number of thioether (sulfide) groups is 1. The van der Waals surface area contributed by atoms with E-state index < -0.39 is 0 Å². The van der Waals surface area contributed by atoms with Crippen LogP contribution in [0.1, 0.15) is 23.2 Å². The van der Waals surface area contributed by atoms with Crippen LogP contribution in [0.2, 0.25) is 5.02 Å². The van der Waals surface area contributed by atoms with Crippen molar-refractivity contribution in [2.24, 2.45) is 0 Å². The molecule has 24 heavy (non-hydrogen) atoms. The number of amides is 1. The summed E-state index contributed by atoms with van der Waals surface area (Å²) in [6.45, 7) is 3.18. The topological polar surface area (TPSA) is 32.3 Å². The lowest BCUT2D eigenvalue weighted by molar-refractivity contribution is 0.0913. The van der Waals surface area contributed by atoms with E-state index in [1.807, 2.05) is 40.7 Å². The number of halogens is 1. The molecular weight excluding hydrogens is 360 g/mol. The van der Waals surface area contributed by atoms with E-state index in [9.17, 15) is 4.79 Å². The van der Waals surface area contributed by atoms with Crippen molar-refractivity contribution in [3.05, 3.63) is 51.7 Å². The molecule has 2 heterocycles. The molecule has 0 spiro atoms. The Morgan fingerprint density at radius 3 is 2.67 bits per heavy atom. The van der Waals surface area contributed by atoms with Crippen molar-refractivity contribution in [3.63, 3.8) is 0 Å². The van der Waals surface area contributed by atoms with Gasteiger partial charge in [-0.2, -0.15) is 11.3 Å². The fourth-order valence-corrected chi connectivity index (χ4v) is 4.46. The average molecular weight is 381 g/mol. The molecule has 1 saturated heterocycles. The first-order valence-electron chi connectivity index (χ1n) is 8.14. The number of hydrogen-bond donors (Lipinski definition) is 1. The highest BCUT2D eigenvalue weighted by Crippen LogP contribution is 2.21. The second kappa shape index (κ2) is 8.90. The SMILES string of the molecule is O=C(NC1CCN(CCSc2ccc(Cl)cc2)CC1)c1ccsc1. The molecule has 1 aliphatic rings. The van der Waals surface area contributed by atoms with E-state index in [0.29, 0.717) is 6.04 Å². The molecule has 0 saturated carbocycles. The first kappa shape index (κ1) is 17.8. The Labute approximate surface area is 156 Å². The van der Waals surface area contributed by atoms with Gasteiger partial charge >= 0.3 is 0 Å². The number of nitrogens with one attached hydrogen (secondary N) is 1. The maximum absolute atomic E-state index is 12.1. The van der Waals surface area contributed by atoms with Gasteiger partial charge in [-0.25, -0.2) is 0 Å². The fraction of sp³-hybridized carbons (Fsp3) is 0.389. The van der Waals surface area contributed by atoms with Gasteiger partial charge in [0.15, 0.2) is 0 Å². The lowest BCUT2D eigenvalue weighted by Gasteiger charge is -2.32. The maximum atomic E-state index is 12.1. The molecule has 1 aliphatic heterocycles. The molecule has 6 heteroatoms. The zero-order valence-corrected chi connectivity index (χ0v) is 15.8. The number of thiophene rings is 1. The van der Waals surface area contributed by atoms with E-state index in [1.54, 1.807) is 11.3 Å². The number of carbonyl (C=O) groups excluding carboxylic acids is 1. The van der Waals surface area contributed by atoms with E-state index in [4.69, 9.17) is 11.6 Å². The Balaban J connectivity index is 1.34. The molecule has 0 aliphatic carbocycles. The van der Waals surface area contributed by atoms with Crippen LogP contribution in [-0.2, 0) is 0 Å². The minimum Gasteiger partial charge on any atom is -0.349 e. The summed E-state index contributed by atoms with van der Waals surface area (Å²) >= 11 is 9.33. The summed E-state index contributed by atoms with van der Waals surface area (Å²) in [5, 5.41) is 7.78. The van der Waals surface area contributed by atoms with Gasteiger partial charge in [-0.05, 0) is 48.6 Å². The summed E-state index contributed by atoms with van der Waals surface area (Å²) in [5.41, 5.74) is 0.779. The van der Waals surface area contributed by atoms with Crippen LogP contribution in [0.25, 0.3) is 0 Å². The third kappa shape index (κ3) is 5.24. The van der Waals surface area contributed by atoms with E-state index in [-0.39, 0.29) is 5.91 Å². The highest BCUT2D eigenvalue weighted by molar-refractivity contribution is 7.99. The molecule has 1 fully saturated rings. The molecule has 0 unspecified atom stereocenters. The van der Waals surface area contributed by atoms with Crippen molar-refractivity contribution in [1.29, 1.82) is 0 Å². The molecule has 128 valence electrons. The molecule has 0 bridgehead atoms. The van der Waals surface area contributed by atoms with E-state index in [1.165, 1.54) is 4.90 Å². The van der Waals surface area contributed by atoms with Crippen molar-refractivity contribution in [3.8, 4) is 0 Å². The normalized spacial score (nSPS) is 16.2. The van der Waals surface area contributed by atoms with Crippen LogP contribution in [0.5, 0.6) is 0 Å². The molecule has 1 aromatic heterocycles. The Kier molecular flexibility index (Phi) is 6.60. The minimum absolute atomic E-state index is 0.0630. The van der Waals surface area contributed by atoms with Crippen molar-refractivity contribution >= 4 is 40.6 Å². The molecule has 2 aromatic rings. The molecule has 3 nitrogen and oxygen atoms in total. The Hall–Kier alpha value is -1.01. The first-order valence-corrected chi connectivity index (χ1v) is 10.4. The van der Waals surface area contributed by atoms with Gasteiger partial charge in [0.25, 0.3) is 5.91 Å². The van der Waals surface area contributed by atoms with E-state index in [2.05, 4.69) is 22.3 Å². The third-order valence-corrected chi connectivity index (χ3v) is 6.12. The van der Waals surface area contributed by atoms with Crippen LogP contribution in [0.4, 0.5) is 0 Å². The molecule has 1 N–H and O–H groups in total. The Morgan fingerprint density at radius 1 is 1.25 bits per heavy atom. The van der Waals surface area contributed by atoms with Crippen LogP contribution >= 0.6 is 34.7 Å². The first-order chi connectivity index (χ1) is 11.7. The van der Waals surface area contributed by atoms with Gasteiger partial charge in [0.05, 0.1) is 0 Å². The maximum Gasteiger partial charge on any atom is 0.252 e. The van der Waals surface area contributed by atoms with Gasteiger partial charge in [-0.3, -0.25) is 4.79 Å². The second-order valence-corrected chi connectivity index (χ2v) is 8.29. The smallest absolute Gasteiger partial charge is 0.252 e. The highest BCUT2D eigenvalue weighted by atomic mass is 35.5. The quantitative estimate of drug-likeness (QED) is 0.754. The number of hydrogen-bond acceptors (Lipinski definition) is 4. The zero-order valence-electron chi connectivity index (χ0n) is 13.4. The summed E-state index contributed by atoms with van der Waals surface area (Å²) in [7, 11) is 0. The minimum atomic E-state index is 0.0630. The van der Waals surface area contributed by atoms with Crippen LogP contribution in [0.3, 0.4) is 0 Å². The van der Waals surface area contributed by atoms with Crippen LogP contribution in [-0.4, -0.2) is 42.2 Å². The van der Waals surface area contributed by atoms with E-state index in [0.717, 1.165) is 48.8 Å². The fourth-order valence-electron chi connectivity index (χ4n) is 2.79. The number of benzene rings is 1. The van der Waals surface area contributed by atoms with Gasteiger partial charge in [0, 0.05) is 52.3 Å². The summed E-state index contributed by atoms with van der Waals surface area (Å²) in [6, 6.07) is 10.2. The van der Waals surface area contributed by atoms with Crippen LogP contribution in [0, 0.1) is 0 Å². The molecule has 3 rings (SSSR count). The number of rotatable bonds is 6. The van der Waals surface area contributed by atoms with Gasteiger partial charge in [0.1, 0.15) is 0 Å². The predicted molar refractivity (Wildman–Crippen MR) is 103 cm³/mol. The van der Waals surface area contributed by atoms with Crippen molar-refractivity contribution < 1.29 is 4.79 Å². The number of carbonyl (C=O) groups is 1. The molecule has 0 atom stereocenters.